The van der Waals surface area contributed by atoms with Gasteiger partial charge in [-0.15, -0.1) is 0 Å². The van der Waals surface area contributed by atoms with Crippen LogP contribution in [0.15, 0.2) is 28.7 Å². The Morgan fingerprint density at radius 2 is 2.00 bits per heavy atom. The molecule has 4 heteroatoms. The number of nitrogens with zero attached hydrogens (tertiary/aromatic N) is 1. The second kappa shape index (κ2) is 4.42. The van der Waals surface area contributed by atoms with Gasteiger partial charge in [0, 0.05) is 4.47 Å². The van der Waals surface area contributed by atoms with Crippen LogP contribution < -0.4 is 0 Å². The summed E-state index contributed by atoms with van der Waals surface area (Å²) >= 11 is 3.51. The van der Waals surface area contributed by atoms with Crippen LogP contribution in [0.3, 0.4) is 0 Å². The molecular formula is C13H16BrNO2. The lowest BCUT2D eigenvalue weighted by molar-refractivity contribution is -0.146. The van der Waals surface area contributed by atoms with Gasteiger partial charge in [0.1, 0.15) is 0 Å². The van der Waals surface area contributed by atoms with Gasteiger partial charge in [-0.3, -0.25) is 4.79 Å². The van der Waals surface area contributed by atoms with Crippen molar-refractivity contribution >= 4 is 21.9 Å². The first-order valence-electron chi connectivity index (χ1n) is 5.63. The first-order chi connectivity index (χ1) is 7.99. The van der Waals surface area contributed by atoms with E-state index in [1.165, 1.54) is 0 Å². The summed E-state index contributed by atoms with van der Waals surface area (Å²) in [5, 5.41) is 9.43. The van der Waals surface area contributed by atoms with Gasteiger partial charge in [0.25, 0.3) is 0 Å². The summed E-state index contributed by atoms with van der Waals surface area (Å²) in [6, 6.07) is 7.78. The fourth-order valence-corrected chi connectivity index (χ4v) is 3.01. The molecule has 17 heavy (non-hydrogen) atoms. The molecule has 0 amide bonds. The van der Waals surface area contributed by atoms with Crippen molar-refractivity contribution in [1.82, 2.24) is 4.90 Å². The Balaban J connectivity index is 2.44. The number of benzene rings is 1. The minimum absolute atomic E-state index is 0.0735. The van der Waals surface area contributed by atoms with Gasteiger partial charge in [-0.25, -0.2) is 0 Å². The van der Waals surface area contributed by atoms with Crippen molar-refractivity contribution in [3.63, 3.8) is 0 Å². The molecule has 1 saturated carbocycles. The molecule has 1 atom stereocenters. The Kier molecular flexibility index (Phi) is 3.27. The average molecular weight is 298 g/mol. The number of hydrogen-bond donors (Lipinski definition) is 1. The second-order valence-corrected chi connectivity index (χ2v) is 5.70. The fourth-order valence-electron chi connectivity index (χ4n) is 2.51. The Hall–Kier alpha value is -0.870. The Labute approximate surface area is 110 Å². The molecule has 92 valence electrons. The van der Waals surface area contributed by atoms with Crippen molar-refractivity contribution in [2.75, 3.05) is 14.1 Å². The van der Waals surface area contributed by atoms with Crippen LogP contribution in [0.25, 0.3) is 0 Å². The zero-order valence-electron chi connectivity index (χ0n) is 9.98. The van der Waals surface area contributed by atoms with E-state index >= 15 is 0 Å². The highest BCUT2D eigenvalue weighted by atomic mass is 79.9. The van der Waals surface area contributed by atoms with Gasteiger partial charge in [-0.1, -0.05) is 34.1 Å². The van der Waals surface area contributed by atoms with Crippen LogP contribution >= 0.6 is 15.9 Å². The highest BCUT2D eigenvalue weighted by Gasteiger charge is 2.57. The highest BCUT2D eigenvalue weighted by molar-refractivity contribution is 9.10. The second-order valence-electron chi connectivity index (χ2n) is 4.85. The summed E-state index contributed by atoms with van der Waals surface area (Å²) in [7, 11) is 3.88. The van der Waals surface area contributed by atoms with E-state index in [0.29, 0.717) is 0 Å². The lowest BCUT2D eigenvalue weighted by Crippen LogP contribution is -2.34. The van der Waals surface area contributed by atoms with Gasteiger partial charge in [0.15, 0.2) is 0 Å². The summed E-state index contributed by atoms with van der Waals surface area (Å²) in [6.07, 6.45) is 1.51. The number of halogens is 1. The molecule has 0 heterocycles. The molecule has 1 fully saturated rings. The van der Waals surface area contributed by atoms with E-state index in [0.717, 1.165) is 22.9 Å². The lowest BCUT2D eigenvalue weighted by Gasteiger charge is -2.31. The van der Waals surface area contributed by atoms with Crippen molar-refractivity contribution in [1.29, 1.82) is 0 Å². The summed E-state index contributed by atoms with van der Waals surface area (Å²) in [5.74, 6) is -0.688. The largest absolute Gasteiger partial charge is 0.481 e. The van der Waals surface area contributed by atoms with E-state index in [2.05, 4.69) is 15.9 Å². The highest BCUT2D eigenvalue weighted by Crippen LogP contribution is 2.57. The third kappa shape index (κ3) is 2.11. The zero-order valence-corrected chi connectivity index (χ0v) is 11.6. The van der Waals surface area contributed by atoms with Gasteiger partial charge in [-0.05, 0) is 38.6 Å². The summed E-state index contributed by atoms with van der Waals surface area (Å²) in [5.41, 5.74) is 0.449. The number of carboxylic acids is 1. The molecule has 0 saturated heterocycles. The molecule has 0 spiro atoms. The number of carbonyl (C=O) groups is 1. The Morgan fingerprint density at radius 3 is 2.41 bits per heavy atom. The van der Waals surface area contributed by atoms with Gasteiger partial charge < -0.3 is 10.0 Å². The topological polar surface area (TPSA) is 40.5 Å². The zero-order chi connectivity index (χ0) is 12.6. The van der Waals surface area contributed by atoms with Crippen LogP contribution in [0.2, 0.25) is 0 Å². The van der Waals surface area contributed by atoms with Crippen molar-refractivity contribution in [3.05, 3.63) is 34.3 Å². The molecule has 1 aromatic rings. The van der Waals surface area contributed by atoms with Crippen LogP contribution in [-0.2, 0) is 4.79 Å². The third-order valence-electron chi connectivity index (χ3n) is 3.45. The fraction of sp³-hybridized carbons (Fsp3) is 0.462. The SMILES string of the molecule is CN(C)C(c1ccccc1Br)C1(C(=O)O)CC1. The van der Waals surface area contributed by atoms with E-state index in [1.807, 2.05) is 43.3 Å². The maximum atomic E-state index is 11.5. The third-order valence-corrected chi connectivity index (χ3v) is 4.18. The molecule has 0 aliphatic heterocycles. The van der Waals surface area contributed by atoms with Gasteiger partial charge in [-0.2, -0.15) is 0 Å². The number of carboxylic acid groups (broad SMARTS) is 1. The minimum atomic E-state index is -0.688. The standard InChI is InChI=1S/C13H16BrNO2/c1-15(2)11(13(7-8-13)12(16)17)9-5-3-4-6-10(9)14/h3-6,11H,7-8H2,1-2H3,(H,16,17). The molecule has 1 aromatic carbocycles. The van der Waals surface area contributed by atoms with E-state index < -0.39 is 11.4 Å². The van der Waals surface area contributed by atoms with Crippen LogP contribution in [-0.4, -0.2) is 30.1 Å². The molecule has 1 unspecified atom stereocenters. The molecule has 0 aromatic heterocycles. The van der Waals surface area contributed by atoms with Crippen LogP contribution in [0.1, 0.15) is 24.4 Å². The summed E-state index contributed by atoms with van der Waals surface area (Å²) in [4.78, 5) is 13.5. The van der Waals surface area contributed by atoms with Gasteiger partial charge >= 0.3 is 5.97 Å². The van der Waals surface area contributed by atoms with E-state index in [4.69, 9.17) is 0 Å². The first kappa shape index (κ1) is 12.6. The van der Waals surface area contributed by atoms with Crippen molar-refractivity contribution in [2.45, 2.75) is 18.9 Å². The predicted octanol–water partition coefficient (Wildman–Crippen LogP) is 2.92. The molecule has 1 aliphatic rings. The van der Waals surface area contributed by atoms with Crippen molar-refractivity contribution in [2.24, 2.45) is 5.41 Å². The molecule has 3 nitrogen and oxygen atoms in total. The summed E-state index contributed by atoms with van der Waals surface area (Å²) in [6.45, 7) is 0. The van der Waals surface area contributed by atoms with Crippen LogP contribution in [0.4, 0.5) is 0 Å². The number of rotatable bonds is 4. The quantitative estimate of drug-likeness (QED) is 0.929. The van der Waals surface area contributed by atoms with E-state index in [1.54, 1.807) is 0 Å². The number of aliphatic carboxylic acids is 1. The average Bonchev–Trinajstić information content (AvgIpc) is 3.02. The van der Waals surface area contributed by atoms with Crippen molar-refractivity contribution < 1.29 is 9.90 Å². The first-order valence-corrected chi connectivity index (χ1v) is 6.42. The van der Waals surface area contributed by atoms with E-state index in [9.17, 15) is 9.90 Å². The molecule has 0 bridgehead atoms. The maximum absolute atomic E-state index is 11.5. The summed E-state index contributed by atoms with van der Waals surface area (Å²) < 4.78 is 0.978. The lowest BCUT2D eigenvalue weighted by atomic mass is 9.89. The van der Waals surface area contributed by atoms with Gasteiger partial charge in [0.2, 0.25) is 0 Å². The molecular weight excluding hydrogens is 282 g/mol. The maximum Gasteiger partial charge on any atom is 0.311 e. The molecule has 1 aliphatic carbocycles. The van der Waals surface area contributed by atoms with Crippen LogP contribution in [0.5, 0.6) is 0 Å². The van der Waals surface area contributed by atoms with Crippen LogP contribution in [0, 0.1) is 5.41 Å². The Morgan fingerprint density at radius 1 is 1.41 bits per heavy atom. The smallest absolute Gasteiger partial charge is 0.311 e. The molecule has 1 N–H and O–H groups in total. The molecule has 0 radical (unpaired) electrons. The monoisotopic (exact) mass is 297 g/mol. The number of hydrogen-bond acceptors (Lipinski definition) is 2. The normalized spacial score (nSPS) is 19.1. The van der Waals surface area contributed by atoms with Gasteiger partial charge in [0.05, 0.1) is 11.5 Å². The Bertz CT molecular complexity index is 441. The minimum Gasteiger partial charge on any atom is -0.481 e. The van der Waals surface area contributed by atoms with Crippen molar-refractivity contribution in [3.8, 4) is 0 Å². The predicted molar refractivity (Wildman–Crippen MR) is 69.9 cm³/mol. The van der Waals surface area contributed by atoms with E-state index in [-0.39, 0.29) is 6.04 Å². The molecule has 2 rings (SSSR count).